The van der Waals surface area contributed by atoms with Crippen LogP contribution < -0.4 is 21.3 Å². The molecule has 12 nitrogen and oxygen atoms in total. The lowest BCUT2D eigenvalue weighted by atomic mass is 10.0. The van der Waals surface area contributed by atoms with E-state index in [2.05, 4.69) is 25.4 Å². The fourth-order valence-corrected chi connectivity index (χ4v) is 5.80. The van der Waals surface area contributed by atoms with Gasteiger partial charge in [-0.25, -0.2) is 9.37 Å². The number of nitrogens with two attached hydrogens (primary N) is 1. The van der Waals surface area contributed by atoms with E-state index in [0.29, 0.717) is 55.4 Å². The van der Waals surface area contributed by atoms with Crippen LogP contribution in [-0.2, 0) is 22.7 Å². The highest BCUT2D eigenvalue weighted by Crippen LogP contribution is 2.32. The molecule has 226 valence electrons. The van der Waals surface area contributed by atoms with Crippen molar-refractivity contribution in [2.45, 2.75) is 32.0 Å². The Labute approximate surface area is 252 Å². The first kappa shape index (κ1) is 28.9. The van der Waals surface area contributed by atoms with Gasteiger partial charge in [-0.05, 0) is 42.3 Å². The van der Waals surface area contributed by atoms with Crippen molar-refractivity contribution in [3.8, 4) is 0 Å². The van der Waals surface area contributed by atoms with Crippen LogP contribution in [0.1, 0.15) is 55.2 Å². The Balaban J connectivity index is 1.07. The molecule has 0 bridgehead atoms. The lowest BCUT2D eigenvalue weighted by Crippen LogP contribution is -2.54. The summed E-state index contributed by atoms with van der Waals surface area (Å²) in [6, 6.07) is 13.9. The number of imide groups is 2. The molecule has 3 aliphatic heterocycles. The molecule has 13 heteroatoms. The Hall–Kier alpha value is -5.17. The van der Waals surface area contributed by atoms with Crippen molar-refractivity contribution in [3.63, 3.8) is 0 Å². The van der Waals surface area contributed by atoms with Crippen molar-refractivity contribution in [2.24, 2.45) is 5.73 Å². The van der Waals surface area contributed by atoms with Crippen molar-refractivity contribution in [1.82, 2.24) is 20.1 Å². The normalized spacial score (nSPS) is 18.8. The number of primary amides is 1. The smallest absolute Gasteiger partial charge is 0.267 e. The number of hydrogen-bond acceptors (Lipinski definition) is 9. The van der Waals surface area contributed by atoms with Crippen LogP contribution in [0.15, 0.2) is 54.6 Å². The highest BCUT2D eigenvalue weighted by atomic mass is 19.1. The van der Waals surface area contributed by atoms with Gasteiger partial charge in [0, 0.05) is 56.9 Å². The molecule has 5 amide bonds. The third-order valence-corrected chi connectivity index (χ3v) is 8.15. The minimum absolute atomic E-state index is 0.0387. The summed E-state index contributed by atoms with van der Waals surface area (Å²) < 4.78 is 15.2. The molecular formula is C31H30FN7O5. The quantitative estimate of drug-likeness (QED) is 0.328. The molecule has 1 unspecified atom stereocenters. The number of hydrogen-bond donors (Lipinski definition) is 3. The van der Waals surface area contributed by atoms with E-state index in [1.165, 1.54) is 12.1 Å². The molecule has 0 radical (unpaired) electrons. The predicted octanol–water partition coefficient (Wildman–Crippen LogP) is 1.66. The van der Waals surface area contributed by atoms with E-state index in [4.69, 9.17) is 5.73 Å². The number of benzene rings is 2. The largest absolute Gasteiger partial charge is 0.380 e. The number of halogens is 1. The molecule has 0 spiro atoms. The molecule has 6 rings (SSSR count). The van der Waals surface area contributed by atoms with Gasteiger partial charge >= 0.3 is 0 Å². The number of piperazine rings is 1. The fraction of sp³-hybridized carbons (Fsp3) is 0.290. The van der Waals surface area contributed by atoms with E-state index >= 15 is 4.39 Å². The van der Waals surface area contributed by atoms with Crippen molar-refractivity contribution in [1.29, 1.82) is 0 Å². The average molecular weight is 600 g/mol. The molecule has 3 aromatic rings. The van der Waals surface area contributed by atoms with Crippen LogP contribution in [0.5, 0.6) is 0 Å². The van der Waals surface area contributed by atoms with Crippen LogP contribution in [0.3, 0.4) is 0 Å². The minimum Gasteiger partial charge on any atom is -0.380 e. The molecular weight excluding hydrogens is 569 g/mol. The second-order valence-corrected chi connectivity index (χ2v) is 11.0. The summed E-state index contributed by atoms with van der Waals surface area (Å²) in [5.41, 5.74) is 7.48. The number of rotatable bonds is 8. The second kappa shape index (κ2) is 11.8. The molecule has 4 heterocycles. The van der Waals surface area contributed by atoms with Crippen molar-refractivity contribution in [3.05, 3.63) is 88.4 Å². The number of carbonyl (C=O) groups is 5. The highest BCUT2D eigenvalue weighted by Gasteiger charge is 2.45. The molecule has 0 aliphatic carbocycles. The summed E-state index contributed by atoms with van der Waals surface area (Å²) in [4.78, 5) is 71.2. The molecule has 2 saturated heterocycles. The van der Waals surface area contributed by atoms with Gasteiger partial charge in [-0.3, -0.25) is 39.1 Å². The number of nitrogens with zero attached hydrogens (tertiary/aromatic N) is 4. The van der Waals surface area contributed by atoms with E-state index in [1.54, 1.807) is 30.3 Å². The Morgan fingerprint density at radius 1 is 1.00 bits per heavy atom. The molecule has 2 fully saturated rings. The minimum atomic E-state index is -1.05. The van der Waals surface area contributed by atoms with Crippen molar-refractivity contribution in [2.75, 3.05) is 36.4 Å². The summed E-state index contributed by atoms with van der Waals surface area (Å²) in [7, 11) is 0. The predicted molar refractivity (Wildman–Crippen MR) is 157 cm³/mol. The van der Waals surface area contributed by atoms with Gasteiger partial charge in [0.05, 0.1) is 11.1 Å². The summed E-state index contributed by atoms with van der Waals surface area (Å²) >= 11 is 0. The van der Waals surface area contributed by atoms with Gasteiger partial charge in [-0.2, -0.15) is 0 Å². The van der Waals surface area contributed by atoms with E-state index in [1.807, 2.05) is 12.1 Å². The van der Waals surface area contributed by atoms with E-state index < -0.39 is 35.6 Å². The maximum absolute atomic E-state index is 15.2. The molecule has 1 atom stereocenters. The topological polar surface area (TPSA) is 158 Å². The van der Waals surface area contributed by atoms with Crippen LogP contribution >= 0.6 is 0 Å². The summed E-state index contributed by atoms with van der Waals surface area (Å²) in [5, 5.41) is 5.33. The average Bonchev–Trinajstić information content (AvgIpc) is 3.27. The molecule has 4 N–H and O–H groups in total. The Morgan fingerprint density at radius 2 is 1.77 bits per heavy atom. The van der Waals surface area contributed by atoms with E-state index in [0.717, 1.165) is 4.90 Å². The van der Waals surface area contributed by atoms with E-state index in [-0.39, 0.29) is 42.0 Å². The summed E-state index contributed by atoms with van der Waals surface area (Å²) in [5.74, 6) is -2.55. The third-order valence-electron chi connectivity index (χ3n) is 8.15. The van der Waals surface area contributed by atoms with Gasteiger partial charge in [0.15, 0.2) is 0 Å². The van der Waals surface area contributed by atoms with Gasteiger partial charge in [0.2, 0.25) is 11.8 Å². The zero-order valence-electron chi connectivity index (χ0n) is 23.7. The first-order chi connectivity index (χ1) is 21.2. The van der Waals surface area contributed by atoms with Gasteiger partial charge in [0.1, 0.15) is 23.4 Å². The fourth-order valence-electron chi connectivity index (χ4n) is 5.80. The van der Waals surface area contributed by atoms with Gasteiger partial charge < -0.3 is 16.0 Å². The number of amides is 5. The van der Waals surface area contributed by atoms with Crippen molar-refractivity contribution >= 4 is 41.0 Å². The lowest BCUT2D eigenvalue weighted by Gasteiger charge is -2.35. The summed E-state index contributed by atoms with van der Waals surface area (Å²) in [6.45, 7) is 3.34. The molecule has 44 heavy (non-hydrogen) atoms. The Morgan fingerprint density at radius 3 is 2.50 bits per heavy atom. The lowest BCUT2D eigenvalue weighted by molar-refractivity contribution is -0.136. The SMILES string of the molecule is NC(=O)c1cccc(N2CCN(Cc3ccc(CNc4cccc5c4C(=O)N(C4CCC(=O)NC4=O)C5=O)cc3F)CC2)n1. The maximum Gasteiger partial charge on any atom is 0.267 e. The number of anilines is 2. The molecule has 0 saturated carbocycles. The molecule has 1 aromatic heterocycles. The number of nitrogens with one attached hydrogen (secondary N) is 2. The first-order valence-electron chi connectivity index (χ1n) is 14.3. The molecule has 3 aliphatic rings. The Bertz CT molecular complexity index is 1690. The van der Waals surface area contributed by atoms with Gasteiger partial charge in [0.25, 0.3) is 17.7 Å². The molecule has 2 aromatic carbocycles. The standard InChI is InChI=1S/C31H30FN7O5/c32-21-15-18(7-8-19(21)17-37-11-13-38(14-12-37)25-6-2-5-23(35-25)28(33)41)16-34-22-4-1-3-20-27(22)31(44)39(30(20)43)24-9-10-26(40)36-29(24)42/h1-8,15,24,34H,9-14,16-17H2,(H2,33,41)(H,36,40,42). The monoisotopic (exact) mass is 599 g/mol. The highest BCUT2D eigenvalue weighted by molar-refractivity contribution is 6.25. The number of aromatic nitrogens is 1. The van der Waals surface area contributed by atoms with Gasteiger partial charge in [-0.15, -0.1) is 0 Å². The first-order valence-corrected chi connectivity index (χ1v) is 14.3. The number of fused-ring (bicyclic) bond motifs is 1. The van der Waals surface area contributed by atoms with E-state index in [9.17, 15) is 24.0 Å². The zero-order chi connectivity index (χ0) is 31.0. The Kier molecular flexibility index (Phi) is 7.78. The third kappa shape index (κ3) is 5.61. The van der Waals surface area contributed by atoms with Crippen LogP contribution in [0, 0.1) is 5.82 Å². The van der Waals surface area contributed by atoms with Crippen molar-refractivity contribution < 1.29 is 28.4 Å². The van der Waals surface area contributed by atoms with Gasteiger partial charge in [-0.1, -0.05) is 24.3 Å². The van der Waals surface area contributed by atoms with Crippen LogP contribution in [-0.4, -0.2) is 76.5 Å². The van der Waals surface area contributed by atoms with Crippen LogP contribution in [0.4, 0.5) is 15.9 Å². The second-order valence-electron chi connectivity index (χ2n) is 11.0. The maximum atomic E-state index is 15.2. The van der Waals surface area contributed by atoms with Crippen LogP contribution in [0.25, 0.3) is 0 Å². The number of pyridine rings is 1. The number of piperidine rings is 1. The number of carbonyl (C=O) groups excluding carboxylic acids is 5. The summed E-state index contributed by atoms with van der Waals surface area (Å²) in [6.07, 6.45) is 0.110. The zero-order valence-corrected chi connectivity index (χ0v) is 23.7. The van der Waals surface area contributed by atoms with Crippen LogP contribution in [0.2, 0.25) is 0 Å².